The number of phenols is 1. The molecule has 4 unspecified atom stereocenters. The van der Waals surface area contributed by atoms with Crippen LogP contribution in [0, 0.1) is 22.7 Å². The van der Waals surface area contributed by atoms with E-state index in [2.05, 4.69) is 27.7 Å². The molecule has 1 aromatic rings. The number of amides is 1. The first-order valence-corrected chi connectivity index (χ1v) is 14.0. The molecule has 7 heteroatoms. The molecular weight excluding hydrogens is 438 g/mol. The maximum Gasteiger partial charge on any atom is 0.254 e. The molecule has 5 rings (SSSR count). The molecule has 1 amide bonds. The number of fused-ring (bicyclic) bond motifs is 5. The quantitative estimate of drug-likeness (QED) is 0.660. The van der Waals surface area contributed by atoms with Crippen LogP contribution in [0.25, 0.3) is 0 Å². The van der Waals surface area contributed by atoms with Gasteiger partial charge in [-0.15, -0.1) is 0 Å². The Hall–Kier alpha value is -1.60. The third kappa shape index (κ3) is 3.36. The molecule has 1 N–H and O–H groups in total. The highest BCUT2D eigenvalue weighted by Gasteiger charge is 2.62. The molecule has 0 aromatic heterocycles. The van der Waals surface area contributed by atoms with Crippen LogP contribution in [0.4, 0.5) is 0 Å². The van der Waals surface area contributed by atoms with Crippen LogP contribution >= 0.6 is 0 Å². The van der Waals surface area contributed by atoms with Crippen LogP contribution < -0.4 is 0 Å². The Morgan fingerprint density at radius 1 is 1.06 bits per heavy atom. The summed E-state index contributed by atoms with van der Waals surface area (Å²) in [5.74, 6) is 0.146. The normalized spacial score (nSPS) is 36.9. The lowest BCUT2D eigenvalue weighted by atomic mass is 9.42. The van der Waals surface area contributed by atoms with Crippen molar-refractivity contribution in [3.05, 3.63) is 23.3 Å². The lowest BCUT2D eigenvalue weighted by molar-refractivity contribution is -0.0982. The number of carbonyl (C=O) groups excluding carboxylic acids is 1. The molecule has 2 aliphatic heterocycles. The van der Waals surface area contributed by atoms with E-state index in [4.69, 9.17) is 4.74 Å². The number of hydrogen-bond acceptors (Lipinski definition) is 5. The molecular formula is C26H37NO5S. The van der Waals surface area contributed by atoms with Gasteiger partial charge in [-0.05, 0) is 71.5 Å². The first-order valence-electron chi connectivity index (χ1n) is 12.4. The summed E-state index contributed by atoms with van der Waals surface area (Å²) < 4.78 is 32.8. The summed E-state index contributed by atoms with van der Waals surface area (Å²) in [7, 11) is -3.64. The molecule has 0 radical (unpaired) electrons. The van der Waals surface area contributed by atoms with E-state index in [1.807, 2.05) is 0 Å². The fourth-order valence-electron chi connectivity index (χ4n) is 8.17. The molecule has 2 saturated carbocycles. The van der Waals surface area contributed by atoms with Crippen LogP contribution in [0.5, 0.6) is 5.75 Å². The van der Waals surface area contributed by atoms with Gasteiger partial charge in [-0.2, -0.15) is 0 Å². The number of sulfone groups is 1. The minimum atomic E-state index is -3.64. The number of carbonyl (C=O) groups is 1. The van der Waals surface area contributed by atoms with Gasteiger partial charge in [0, 0.05) is 18.7 Å². The van der Waals surface area contributed by atoms with E-state index < -0.39 is 15.3 Å². The Morgan fingerprint density at radius 3 is 2.45 bits per heavy atom. The fourth-order valence-corrected chi connectivity index (χ4v) is 10.5. The van der Waals surface area contributed by atoms with Crippen LogP contribution in [-0.4, -0.2) is 56.4 Å². The molecule has 6 nitrogen and oxygen atoms in total. The summed E-state index contributed by atoms with van der Waals surface area (Å²) in [6.45, 7) is 11.1. The third-order valence-electron chi connectivity index (χ3n) is 9.70. The number of benzene rings is 1. The second-order valence-electron chi connectivity index (χ2n) is 12.0. The van der Waals surface area contributed by atoms with Gasteiger partial charge in [0.25, 0.3) is 5.91 Å². The van der Waals surface area contributed by atoms with E-state index in [0.29, 0.717) is 43.3 Å². The molecule has 2 heterocycles. The number of ether oxygens (including phenoxy) is 1. The Labute approximate surface area is 197 Å². The average Bonchev–Trinajstić information content (AvgIpc) is 2.74. The number of morpholine rings is 1. The highest BCUT2D eigenvalue weighted by atomic mass is 32.2. The summed E-state index contributed by atoms with van der Waals surface area (Å²) in [4.78, 5) is 15.6. The van der Waals surface area contributed by atoms with Gasteiger partial charge in [0.2, 0.25) is 0 Å². The van der Waals surface area contributed by atoms with Crippen LogP contribution in [0.15, 0.2) is 17.0 Å². The number of hydrogen-bond donors (Lipinski definition) is 1. The Kier molecular flexibility index (Phi) is 5.23. The smallest absolute Gasteiger partial charge is 0.254 e. The summed E-state index contributed by atoms with van der Waals surface area (Å²) in [5.41, 5.74) is 0.664. The van der Waals surface area contributed by atoms with Crippen molar-refractivity contribution in [2.45, 2.75) is 70.1 Å². The van der Waals surface area contributed by atoms with Gasteiger partial charge in [0.1, 0.15) is 5.75 Å². The molecule has 33 heavy (non-hydrogen) atoms. The molecule has 4 aliphatic rings. The van der Waals surface area contributed by atoms with Crippen molar-refractivity contribution in [3.8, 4) is 5.75 Å². The molecule has 0 spiro atoms. The third-order valence-corrected chi connectivity index (χ3v) is 11.5. The van der Waals surface area contributed by atoms with Crippen LogP contribution in [0.3, 0.4) is 0 Å². The predicted molar refractivity (Wildman–Crippen MR) is 126 cm³/mol. The predicted octanol–water partition coefficient (Wildman–Crippen LogP) is 4.15. The second kappa shape index (κ2) is 7.45. The van der Waals surface area contributed by atoms with Crippen molar-refractivity contribution in [2.24, 2.45) is 22.7 Å². The molecule has 182 valence electrons. The van der Waals surface area contributed by atoms with Crippen molar-refractivity contribution >= 4 is 15.7 Å². The SMILES string of the molecule is CC1(C)CCCC2(C)C1CCC1(C)c3c(C(=O)N4CCOCC4)cc(O)cc3S(=O)(=O)CC12. The largest absolute Gasteiger partial charge is 0.508 e. The summed E-state index contributed by atoms with van der Waals surface area (Å²) in [5, 5.41) is 10.5. The van der Waals surface area contributed by atoms with Crippen LogP contribution in [-0.2, 0) is 20.0 Å². The molecule has 2 aliphatic carbocycles. The van der Waals surface area contributed by atoms with Gasteiger partial charge in [0.15, 0.2) is 9.84 Å². The van der Waals surface area contributed by atoms with Gasteiger partial charge >= 0.3 is 0 Å². The number of phenolic OH excluding ortho intramolecular Hbond substituents is 1. The standard InChI is InChI=1S/C26H37NO5S/c1-24(2)7-5-8-25(3)20(24)6-9-26(4)21(25)16-33(30,31)19-15-17(28)14-18(22(19)26)23(29)27-10-12-32-13-11-27/h14-15,20-21,28H,5-13,16H2,1-4H3. The topological polar surface area (TPSA) is 83.9 Å². The molecule has 0 bridgehead atoms. The fraction of sp³-hybridized carbons (Fsp3) is 0.731. The minimum Gasteiger partial charge on any atom is -0.508 e. The Balaban J connectivity index is 1.70. The van der Waals surface area contributed by atoms with Crippen molar-refractivity contribution < 1.29 is 23.1 Å². The molecule has 3 fully saturated rings. The van der Waals surface area contributed by atoms with E-state index in [1.54, 1.807) is 4.90 Å². The van der Waals surface area contributed by atoms with Gasteiger partial charge in [-0.1, -0.05) is 34.1 Å². The Morgan fingerprint density at radius 2 is 1.76 bits per heavy atom. The van der Waals surface area contributed by atoms with Gasteiger partial charge in [-0.25, -0.2) is 8.42 Å². The maximum absolute atomic E-state index is 13.7. The second-order valence-corrected chi connectivity index (χ2v) is 14.0. The highest BCUT2D eigenvalue weighted by molar-refractivity contribution is 7.91. The zero-order valence-corrected chi connectivity index (χ0v) is 21.1. The van der Waals surface area contributed by atoms with Crippen molar-refractivity contribution in [1.29, 1.82) is 0 Å². The molecule has 1 aromatic carbocycles. The Bertz CT molecular complexity index is 1090. The highest BCUT2D eigenvalue weighted by Crippen LogP contribution is 2.67. The molecule has 1 saturated heterocycles. The first-order chi connectivity index (χ1) is 15.4. The summed E-state index contributed by atoms with van der Waals surface area (Å²) >= 11 is 0. The van der Waals surface area contributed by atoms with Crippen LogP contribution in [0.1, 0.15) is 75.7 Å². The minimum absolute atomic E-state index is 0.0541. The summed E-state index contributed by atoms with van der Waals surface area (Å²) in [6, 6.07) is 2.88. The van der Waals surface area contributed by atoms with E-state index in [9.17, 15) is 18.3 Å². The number of rotatable bonds is 1. The average molecular weight is 476 g/mol. The van der Waals surface area contributed by atoms with Gasteiger partial charge in [-0.3, -0.25) is 4.79 Å². The van der Waals surface area contributed by atoms with Gasteiger partial charge < -0.3 is 14.7 Å². The van der Waals surface area contributed by atoms with E-state index >= 15 is 0 Å². The van der Waals surface area contributed by atoms with Crippen molar-refractivity contribution in [3.63, 3.8) is 0 Å². The van der Waals surface area contributed by atoms with Crippen molar-refractivity contribution in [2.75, 3.05) is 32.1 Å². The number of aromatic hydroxyl groups is 1. The zero-order chi connectivity index (χ0) is 23.8. The summed E-state index contributed by atoms with van der Waals surface area (Å²) in [6.07, 6.45) is 5.19. The maximum atomic E-state index is 13.7. The zero-order valence-electron chi connectivity index (χ0n) is 20.3. The number of nitrogens with zero attached hydrogens (tertiary/aromatic N) is 1. The van der Waals surface area contributed by atoms with Gasteiger partial charge in [0.05, 0.1) is 23.9 Å². The lowest BCUT2D eigenvalue weighted by Gasteiger charge is -2.64. The first kappa shape index (κ1) is 23.2. The monoisotopic (exact) mass is 475 g/mol. The molecule has 4 atom stereocenters. The van der Waals surface area contributed by atoms with Crippen LogP contribution in [0.2, 0.25) is 0 Å². The lowest BCUT2D eigenvalue weighted by Crippen LogP contribution is -2.60. The van der Waals surface area contributed by atoms with Crippen molar-refractivity contribution in [1.82, 2.24) is 4.90 Å². The van der Waals surface area contributed by atoms with E-state index in [1.165, 1.54) is 18.6 Å². The van der Waals surface area contributed by atoms with E-state index in [0.717, 1.165) is 25.7 Å². The van der Waals surface area contributed by atoms with E-state index in [-0.39, 0.29) is 39.1 Å².